The fourth-order valence-corrected chi connectivity index (χ4v) is 0.845. The first-order chi connectivity index (χ1) is 3.79. The lowest BCUT2D eigenvalue weighted by Gasteiger charge is -2.26. The molecule has 0 aromatic rings. The molecule has 0 aliphatic carbocycles. The Morgan fingerprint density at radius 3 is 2.88 bits per heavy atom. The average Bonchev–Trinajstić information content (AvgIpc) is 1.64. The summed E-state index contributed by atoms with van der Waals surface area (Å²) in [7, 11) is 0. The number of hydrazine groups is 1. The number of nitrogens with two attached hydrogens (primary N) is 1. The molecule has 1 fully saturated rings. The molecule has 2 N–H and O–H groups in total. The molecule has 0 aromatic carbocycles. The van der Waals surface area contributed by atoms with Gasteiger partial charge in [-0.15, -0.1) is 0 Å². The molecule has 0 radical (unpaired) electrons. The normalized spacial score (nSPS) is 33.0. The molecule has 0 saturated carbocycles. The zero-order valence-electron chi connectivity index (χ0n) is 5.13. The highest BCUT2D eigenvalue weighted by Gasteiger charge is 2.11. The fourth-order valence-electron chi connectivity index (χ4n) is 0.845. The van der Waals surface area contributed by atoms with E-state index < -0.39 is 0 Å². The van der Waals surface area contributed by atoms with E-state index in [1.54, 1.807) is 5.01 Å². The number of rotatable bonds is 0. The summed E-state index contributed by atoms with van der Waals surface area (Å²) >= 11 is 0. The minimum Gasteiger partial charge on any atom is -0.376 e. The van der Waals surface area contributed by atoms with E-state index in [9.17, 15) is 0 Å². The molecule has 1 unspecified atom stereocenters. The van der Waals surface area contributed by atoms with Crippen molar-refractivity contribution in [2.24, 2.45) is 5.84 Å². The second-order valence-corrected chi connectivity index (χ2v) is 2.18. The largest absolute Gasteiger partial charge is 0.376 e. The van der Waals surface area contributed by atoms with Gasteiger partial charge in [-0.05, 0) is 6.92 Å². The summed E-state index contributed by atoms with van der Waals surface area (Å²) in [6, 6.07) is 0. The van der Waals surface area contributed by atoms with Gasteiger partial charge in [-0.2, -0.15) is 0 Å². The van der Waals surface area contributed by atoms with Crippen molar-refractivity contribution in [2.45, 2.75) is 13.0 Å². The molecule has 0 aromatic heterocycles. The van der Waals surface area contributed by atoms with E-state index in [1.807, 2.05) is 6.92 Å². The lowest BCUT2D eigenvalue weighted by molar-refractivity contribution is -0.0185. The standard InChI is InChI=1S/C5H12N2O/c1-5-4-7(6)2-3-8-5/h5H,2-4,6H2,1H3. The first kappa shape index (κ1) is 6.01. The van der Waals surface area contributed by atoms with E-state index in [0.717, 1.165) is 19.7 Å². The Kier molecular flexibility index (Phi) is 1.83. The summed E-state index contributed by atoms with van der Waals surface area (Å²) in [5.41, 5.74) is 0. The topological polar surface area (TPSA) is 38.5 Å². The maximum Gasteiger partial charge on any atom is 0.0688 e. The van der Waals surface area contributed by atoms with E-state index in [1.165, 1.54) is 0 Å². The molecule has 48 valence electrons. The summed E-state index contributed by atoms with van der Waals surface area (Å²) in [6.45, 7) is 4.53. The highest BCUT2D eigenvalue weighted by molar-refractivity contribution is 4.61. The Morgan fingerprint density at radius 1 is 1.75 bits per heavy atom. The average molecular weight is 116 g/mol. The molecule has 0 bridgehead atoms. The van der Waals surface area contributed by atoms with Gasteiger partial charge >= 0.3 is 0 Å². The fraction of sp³-hybridized carbons (Fsp3) is 1.00. The third-order valence-electron chi connectivity index (χ3n) is 1.27. The number of morpholine rings is 1. The van der Waals surface area contributed by atoms with Crippen LogP contribution in [0.15, 0.2) is 0 Å². The predicted octanol–water partition coefficient (Wildman–Crippen LogP) is -0.419. The molecule has 1 rings (SSSR count). The van der Waals surface area contributed by atoms with Gasteiger partial charge in [-0.25, -0.2) is 5.01 Å². The van der Waals surface area contributed by atoms with Crippen molar-refractivity contribution >= 4 is 0 Å². The molecule has 3 heteroatoms. The maximum atomic E-state index is 5.48. The van der Waals surface area contributed by atoms with Gasteiger partial charge in [0.05, 0.1) is 12.7 Å². The van der Waals surface area contributed by atoms with E-state index in [2.05, 4.69) is 0 Å². The molecule has 1 aliphatic rings. The molecular weight excluding hydrogens is 104 g/mol. The zero-order chi connectivity index (χ0) is 5.98. The number of hydrogen-bond acceptors (Lipinski definition) is 3. The Balaban J connectivity index is 2.23. The SMILES string of the molecule is CC1CN(N)CCO1. The first-order valence-corrected chi connectivity index (χ1v) is 2.90. The maximum absolute atomic E-state index is 5.48. The number of ether oxygens (including phenoxy) is 1. The van der Waals surface area contributed by atoms with Crippen LogP contribution >= 0.6 is 0 Å². The lowest BCUT2D eigenvalue weighted by Crippen LogP contribution is -2.45. The highest BCUT2D eigenvalue weighted by atomic mass is 16.5. The Morgan fingerprint density at radius 2 is 2.50 bits per heavy atom. The van der Waals surface area contributed by atoms with Gasteiger partial charge in [0, 0.05) is 13.1 Å². The van der Waals surface area contributed by atoms with Crippen molar-refractivity contribution in [3.63, 3.8) is 0 Å². The van der Waals surface area contributed by atoms with Crippen molar-refractivity contribution in [3.05, 3.63) is 0 Å². The minimum atomic E-state index is 0.314. The van der Waals surface area contributed by atoms with Gasteiger partial charge in [0.2, 0.25) is 0 Å². The Hall–Kier alpha value is -0.120. The zero-order valence-corrected chi connectivity index (χ0v) is 5.13. The van der Waals surface area contributed by atoms with Gasteiger partial charge < -0.3 is 4.74 Å². The van der Waals surface area contributed by atoms with Crippen LogP contribution in [0.3, 0.4) is 0 Å². The summed E-state index contributed by atoms with van der Waals surface area (Å²) in [5, 5.41) is 1.79. The van der Waals surface area contributed by atoms with E-state index in [-0.39, 0.29) is 0 Å². The molecule has 1 atom stereocenters. The van der Waals surface area contributed by atoms with Crippen LogP contribution < -0.4 is 5.84 Å². The molecule has 1 heterocycles. The van der Waals surface area contributed by atoms with Crippen molar-refractivity contribution in [2.75, 3.05) is 19.7 Å². The third-order valence-corrected chi connectivity index (χ3v) is 1.27. The van der Waals surface area contributed by atoms with Crippen molar-refractivity contribution in [3.8, 4) is 0 Å². The molecule has 0 spiro atoms. The van der Waals surface area contributed by atoms with Crippen LogP contribution in [0.2, 0.25) is 0 Å². The first-order valence-electron chi connectivity index (χ1n) is 2.90. The summed E-state index contributed by atoms with van der Waals surface area (Å²) < 4.78 is 5.23. The van der Waals surface area contributed by atoms with Crippen molar-refractivity contribution in [1.29, 1.82) is 0 Å². The van der Waals surface area contributed by atoms with E-state index in [4.69, 9.17) is 10.6 Å². The second-order valence-electron chi connectivity index (χ2n) is 2.18. The molecule has 8 heavy (non-hydrogen) atoms. The Bertz CT molecular complexity index is 68.8. The van der Waals surface area contributed by atoms with Crippen LogP contribution in [-0.2, 0) is 4.74 Å². The van der Waals surface area contributed by atoms with Crippen LogP contribution in [0, 0.1) is 0 Å². The van der Waals surface area contributed by atoms with Gasteiger partial charge in [-0.1, -0.05) is 0 Å². The number of nitrogens with zero attached hydrogens (tertiary/aromatic N) is 1. The van der Waals surface area contributed by atoms with E-state index >= 15 is 0 Å². The van der Waals surface area contributed by atoms with Crippen LogP contribution in [0.1, 0.15) is 6.92 Å². The van der Waals surface area contributed by atoms with Gasteiger partial charge in [0.25, 0.3) is 0 Å². The monoisotopic (exact) mass is 116 g/mol. The highest BCUT2D eigenvalue weighted by Crippen LogP contribution is 1.97. The molecule has 3 nitrogen and oxygen atoms in total. The quantitative estimate of drug-likeness (QED) is 0.437. The third kappa shape index (κ3) is 1.43. The van der Waals surface area contributed by atoms with Crippen molar-refractivity contribution < 1.29 is 4.74 Å². The van der Waals surface area contributed by atoms with Gasteiger partial charge in [0.15, 0.2) is 0 Å². The second kappa shape index (κ2) is 2.44. The van der Waals surface area contributed by atoms with Gasteiger partial charge in [-0.3, -0.25) is 5.84 Å². The van der Waals surface area contributed by atoms with Crippen LogP contribution in [0.4, 0.5) is 0 Å². The van der Waals surface area contributed by atoms with Gasteiger partial charge in [0.1, 0.15) is 0 Å². The summed E-state index contributed by atoms with van der Waals surface area (Å²) in [4.78, 5) is 0. The molecule has 1 aliphatic heterocycles. The Labute approximate surface area is 49.4 Å². The predicted molar refractivity (Wildman–Crippen MR) is 31.2 cm³/mol. The lowest BCUT2D eigenvalue weighted by atomic mass is 10.3. The molecule has 0 amide bonds. The van der Waals surface area contributed by atoms with Crippen LogP contribution in [0.5, 0.6) is 0 Å². The van der Waals surface area contributed by atoms with Crippen LogP contribution in [0.25, 0.3) is 0 Å². The van der Waals surface area contributed by atoms with Crippen molar-refractivity contribution in [1.82, 2.24) is 5.01 Å². The molecule has 1 saturated heterocycles. The summed E-state index contributed by atoms with van der Waals surface area (Å²) in [5.74, 6) is 5.48. The number of hydrogen-bond donors (Lipinski definition) is 1. The summed E-state index contributed by atoms with van der Waals surface area (Å²) in [6.07, 6.45) is 0.314. The minimum absolute atomic E-state index is 0.314. The smallest absolute Gasteiger partial charge is 0.0688 e. The molecular formula is C5H12N2O. The van der Waals surface area contributed by atoms with Crippen LogP contribution in [-0.4, -0.2) is 30.8 Å². The van der Waals surface area contributed by atoms with E-state index in [0.29, 0.717) is 6.10 Å².